The predicted molar refractivity (Wildman–Crippen MR) is 174 cm³/mol. The fourth-order valence-electron chi connectivity index (χ4n) is 5.21. The Kier molecular flexibility index (Phi) is 11.6. The molecule has 1 atom stereocenters. The molecule has 1 N–H and O–H groups in total. The van der Waals surface area contributed by atoms with Crippen molar-refractivity contribution < 1.29 is 18.0 Å². The molecule has 2 amide bonds. The van der Waals surface area contributed by atoms with E-state index in [1.165, 1.54) is 35.2 Å². The van der Waals surface area contributed by atoms with Crippen molar-refractivity contribution in [3.63, 3.8) is 0 Å². The van der Waals surface area contributed by atoms with Crippen LogP contribution in [0, 0.1) is 0 Å². The van der Waals surface area contributed by atoms with Gasteiger partial charge in [0.05, 0.1) is 20.6 Å². The second-order valence-electron chi connectivity index (χ2n) is 10.4. The molecule has 4 rings (SSSR count). The molecule has 0 aromatic heterocycles. The van der Waals surface area contributed by atoms with Gasteiger partial charge in [0.25, 0.3) is 10.0 Å². The molecule has 0 heterocycles. The molecule has 3 aromatic carbocycles. The van der Waals surface area contributed by atoms with E-state index in [0.717, 1.165) is 36.4 Å². The summed E-state index contributed by atoms with van der Waals surface area (Å²) in [6.07, 6.45) is 5.19. The lowest BCUT2D eigenvalue weighted by Gasteiger charge is -2.34. The number of sulfonamides is 1. The zero-order valence-corrected chi connectivity index (χ0v) is 27.5. The van der Waals surface area contributed by atoms with Crippen LogP contribution in [0.2, 0.25) is 20.1 Å². The Labute approximate surface area is 273 Å². The van der Waals surface area contributed by atoms with E-state index in [1.807, 2.05) is 0 Å². The fourth-order valence-corrected chi connectivity index (χ4v) is 7.44. The third-order valence-electron chi connectivity index (χ3n) is 7.53. The average Bonchev–Trinajstić information content (AvgIpc) is 2.99. The number of carbonyl (C=O) groups is 2. The van der Waals surface area contributed by atoms with Gasteiger partial charge in [0.2, 0.25) is 11.8 Å². The van der Waals surface area contributed by atoms with Gasteiger partial charge in [0, 0.05) is 28.2 Å². The minimum absolute atomic E-state index is 0.0160. The van der Waals surface area contributed by atoms with Crippen molar-refractivity contribution in [1.82, 2.24) is 10.2 Å². The van der Waals surface area contributed by atoms with Gasteiger partial charge in [-0.25, -0.2) is 8.42 Å². The summed E-state index contributed by atoms with van der Waals surface area (Å²) in [5.41, 5.74) is 0.595. The number of rotatable bonds is 11. The number of anilines is 1. The maximum Gasteiger partial charge on any atom is 0.264 e. The lowest BCUT2D eigenvalue weighted by atomic mass is 9.95. The molecule has 12 heteroatoms. The lowest BCUT2D eigenvalue weighted by Crippen LogP contribution is -2.54. The monoisotopic (exact) mass is 683 g/mol. The van der Waals surface area contributed by atoms with E-state index in [2.05, 4.69) is 5.32 Å². The quantitative estimate of drug-likeness (QED) is 0.224. The molecule has 0 radical (unpaired) electrons. The summed E-state index contributed by atoms with van der Waals surface area (Å²) in [5.74, 6) is -0.926. The topological polar surface area (TPSA) is 86.8 Å². The van der Waals surface area contributed by atoms with Crippen LogP contribution in [-0.4, -0.2) is 43.8 Å². The molecule has 230 valence electrons. The second kappa shape index (κ2) is 15.0. The van der Waals surface area contributed by atoms with E-state index in [4.69, 9.17) is 46.4 Å². The second-order valence-corrected chi connectivity index (χ2v) is 13.9. The number of nitrogens with one attached hydrogen (secondary N) is 1. The summed E-state index contributed by atoms with van der Waals surface area (Å²) in [5, 5.41) is 4.12. The van der Waals surface area contributed by atoms with Crippen LogP contribution in [0.25, 0.3) is 0 Å². The van der Waals surface area contributed by atoms with Crippen LogP contribution >= 0.6 is 46.4 Å². The van der Waals surface area contributed by atoms with E-state index in [0.29, 0.717) is 15.6 Å². The Balaban J connectivity index is 1.75. The summed E-state index contributed by atoms with van der Waals surface area (Å²) >= 11 is 25.4. The van der Waals surface area contributed by atoms with Gasteiger partial charge in [0.15, 0.2) is 0 Å². The largest absolute Gasteiger partial charge is 0.352 e. The number of benzene rings is 3. The summed E-state index contributed by atoms with van der Waals surface area (Å²) in [7, 11) is -4.25. The Hall–Kier alpha value is -2.49. The minimum Gasteiger partial charge on any atom is -0.352 e. The number of hydrogen-bond acceptors (Lipinski definition) is 4. The first-order valence-electron chi connectivity index (χ1n) is 14.1. The molecule has 0 saturated heterocycles. The zero-order chi connectivity index (χ0) is 31.1. The molecule has 0 spiro atoms. The highest BCUT2D eigenvalue weighted by Gasteiger charge is 2.35. The third-order valence-corrected chi connectivity index (χ3v) is 10.8. The Bertz CT molecular complexity index is 1530. The van der Waals surface area contributed by atoms with Crippen molar-refractivity contribution in [3.05, 3.63) is 92.4 Å². The smallest absolute Gasteiger partial charge is 0.264 e. The summed E-state index contributed by atoms with van der Waals surface area (Å²) < 4.78 is 28.9. The highest BCUT2D eigenvalue weighted by Crippen LogP contribution is 2.32. The molecule has 7 nitrogen and oxygen atoms in total. The highest BCUT2D eigenvalue weighted by atomic mass is 35.5. The molecule has 1 saturated carbocycles. The van der Waals surface area contributed by atoms with Crippen LogP contribution in [0.3, 0.4) is 0 Å². The first-order valence-corrected chi connectivity index (χ1v) is 17.0. The Morgan fingerprint density at radius 2 is 1.51 bits per heavy atom. The van der Waals surface area contributed by atoms with Gasteiger partial charge in [-0.05, 0) is 61.7 Å². The van der Waals surface area contributed by atoms with Crippen LogP contribution in [0.5, 0.6) is 0 Å². The van der Waals surface area contributed by atoms with Crippen LogP contribution in [0.4, 0.5) is 5.69 Å². The number of carbonyl (C=O) groups excluding carboxylic acids is 2. The van der Waals surface area contributed by atoms with E-state index in [1.54, 1.807) is 43.3 Å². The maximum absolute atomic E-state index is 14.3. The molecule has 1 aliphatic carbocycles. The van der Waals surface area contributed by atoms with E-state index in [-0.39, 0.29) is 45.5 Å². The number of amides is 2. The fraction of sp³-hybridized carbons (Fsp3) is 0.355. The first-order chi connectivity index (χ1) is 20.5. The lowest BCUT2D eigenvalue weighted by molar-refractivity contribution is -0.140. The molecule has 1 aliphatic rings. The van der Waals surface area contributed by atoms with Crippen LogP contribution < -0.4 is 9.62 Å². The maximum atomic E-state index is 14.3. The molecule has 0 unspecified atom stereocenters. The number of hydrogen-bond donors (Lipinski definition) is 1. The SMILES string of the molecule is CC[C@H](C(=O)NC1CCCCC1)N(Cc1c(Cl)cccc1Cl)C(=O)CN(c1ccc(Cl)c(Cl)c1)S(=O)(=O)c1ccccc1. The summed E-state index contributed by atoms with van der Waals surface area (Å²) in [6, 6.07) is 16.2. The van der Waals surface area contributed by atoms with Crippen LogP contribution in [0.15, 0.2) is 71.6 Å². The van der Waals surface area contributed by atoms with Gasteiger partial charge < -0.3 is 10.2 Å². The molecular formula is C31H33Cl4N3O4S. The van der Waals surface area contributed by atoms with E-state index in [9.17, 15) is 18.0 Å². The summed E-state index contributed by atoms with van der Waals surface area (Å²) in [4.78, 5) is 29.3. The molecule has 0 aliphatic heterocycles. The van der Waals surface area contributed by atoms with Crippen LogP contribution in [0.1, 0.15) is 51.0 Å². The molecule has 3 aromatic rings. The van der Waals surface area contributed by atoms with Gasteiger partial charge in [-0.3, -0.25) is 13.9 Å². The van der Waals surface area contributed by atoms with Gasteiger partial charge in [-0.1, -0.05) is 96.9 Å². The van der Waals surface area contributed by atoms with E-state index < -0.39 is 28.5 Å². The van der Waals surface area contributed by atoms with E-state index >= 15 is 0 Å². The standard InChI is InChI=1S/C31H33Cl4N3O4S/c1-2-29(31(40)36-21-10-5-3-6-11-21)37(19-24-25(32)14-9-15-26(24)33)30(39)20-38(22-16-17-27(34)28(35)18-22)43(41,42)23-12-7-4-8-13-23/h4,7-9,12-18,21,29H,2-3,5-6,10-11,19-20H2,1H3,(H,36,40)/t29-/m1/s1. The normalized spacial score (nSPS) is 14.6. The van der Waals surface area contributed by atoms with Gasteiger partial charge in [0.1, 0.15) is 12.6 Å². The molecule has 0 bridgehead atoms. The van der Waals surface area contributed by atoms with Gasteiger partial charge >= 0.3 is 0 Å². The zero-order valence-electron chi connectivity index (χ0n) is 23.6. The number of halogens is 4. The predicted octanol–water partition coefficient (Wildman–Crippen LogP) is 7.75. The average molecular weight is 686 g/mol. The molecule has 43 heavy (non-hydrogen) atoms. The number of nitrogens with zero attached hydrogens (tertiary/aromatic N) is 2. The molecule has 1 fully saturated rings. The highest BCUT2D eigenvalue weighted by molar-refractivity contribution is 7.92. The van der Waals surface area contributed by atoms with Crippen molar-refractivity contribution in [3.8, 4) is 0 Å². The Morgan fingerprint density at radius 3 is 2.12 bits per heavy atom. The van der Waals surface area contributed by atoms with Crippen molar-refractivity contribution in [1.29, 1.82) is 0 Å². The molecular weight excluding hydrogens is 652 g/mol. The first kappa shape index (κ1) is 33.4. The Morgan fingerprint density at radius 1 is 0.860 bits per heavy atom. The van der Waals surface area contributed by atoms with Crippen molar-refractivity contribution >= 4 is 73.9 Å². The minimum atomic E-state index is -4.25. The third kappa shape index (κ3) is 8.17. The van der Waals surface area contributed by atoms with Crippen molar-refractivity contribution in [2.45, 2.75) is 69.0 Å². The van der Waals surface area contributed by atoms with Crippen molar-refractivity contribution in [2.24, 2.45) is 0 Å². The summed E-state index contributed by atoms with van der Waals surface area (Å²) in [6.45, 7) is 1.08. The van der Waals surface area contributed by atoms with Crippen molar-refractivity contribution in [2.75, 3.05) is 10.8 Å². The van der Waals surface area contributed by atoms with Crippen LogP contribution in [-0.2, 0) is 26.2 Å². The van der Waals surface area contributed by atoms with Gasteiger partial charge in [-0.15, -0.1) is 0 Å². The van der Waals surface area contributed by atoms with Gasteiger partial charge in [-0.2, -0.15) is 0 Å².